The molecule has 0 aromatic heterocycles. The number of carbonyl (C=O) groups excluding carboxylic acids is 3. The van der Waals surface area contributed by atoms with Crippen molar-refractivity contribution in [3.8, 4) is 0 Å². The molecule has 1 spiro atoms. The van der Waals surface area contributed by atoms with Crippen molar-refractivity contribution in [2.75, 3.05) is 6.61 Å². The van der Waals surface area contributed by atoms with Gasteiger partial charge in [-0.2, -0.15) is 0 Å². The van der Waals surface area contributed by atoms with Gasteiger partial charge in [0.05, 0.1) is 37.4 Å². The molecule has 1 saturated carbocycles. The third-order valence-corrected chi connectivity index (χ3v) is 8.81. The summed E-state index contributed by atoms with van der Waals surface area (Å²) in [5, 5.41) is 17.0. The van der Waals surface area contributed by atoms with E-state index in [2.05, 4.69) is 23.6 Å². The summed E-state index contributed by atoms with van der Waals surface area (Å²) in [4.78, 5) is 35.9. The summed E-state index contributed by atoms with van der Waals surface area (Å²) >= 11 is 0. The monoisotopic (exact) mass is 588 g/mol. The summed E-state index contributed by atoms with van der Waals surface area (Å²) in [6.45, 7) is 9.60. The highest BCUT2D eigenvalue weighted by atomic mass is 16.6. The Kier molecular flexibility index (Phi) is 11.0. The van der Waals surface area contributed by atoms with Crippen LogP contribution in [0, 0.1) is 5.92 Å². The highest BCUT2D eigenvalue weighted by Gasteiger charge is 2.58. The normalized spacial score (nSPS) is 36.0. The maximum Gasteiger partial charge on any atom is 0.303 e. The lowest BCUT2D eigenvalue weighted by atomic mass is 9.87. The molecule has 0 bridgehead atoms. The Labute approximate surface area is 249 Å². The lowest BCUT2D eigenvalue weighted by Gasteiger charge is -2.39. The standard InChI is InChI=1S/C32H48N2O8/c1-19(9-12-27-20(2)15-26(22(4)41-27)34-29(36)14-11-21(3)40-23(5)35)10-13-28-31(38)32(18-39-32)17-25(42-28)16-30(37)33-24-7-6-8-24/h9-11,13-14,20-22,24-28,31,38H,6-8,12,15-18H2,1-5H3,(H,33,37)(H,34,36)/b13-10+,14-11-,19-9+/t20-,21-,22+,25+,26+,27-,28?,31+,32+/m0/s1. The molecular formula is C32H48N2O8. The quantitative estimate of drug-likeness (QED) is 0.145. The molecule has 42 heavy (non-hydrogen) atoms. The molecule has 234 valence electrons. The van der Waals surface area contributed by atoms with Crippen LogP contribution in [0.4, 0.5) is 0 Å². The van der Waals surface area contributed by atoms with Crippen LogP contribution in [-0.4, -0.2) is 83.8 Å². The smallest absolute Gasteiger partial charge is 0.303 e. The van der Waals surface area contributed by atoms with Crippen molar-refractivity contribution in [3.63, 3.8) is 0 Å². The van der Waals surface area contributed by atoms with Crippen LogP contribution in [0.15, 0.2) is 36.0 Å². The molecule has 1 unspecified atom stereocenters. The van der Waals surface area contributed by atoms with Gasteiger partial charge in [-0.1, -0.05) is 30.7 Å². The van der Waals surface area contributed by atoms with Gasteiger partial charge in [-0.05, 0) is 64.9 Å². The number of rotatable bonds is 11. The van der Waals surface area contributed by atoms with Crippen molar-refractivity contribution in [2.45, 2.75) is 134 Å². The summed E-state index contributed by atoms with van der Waals surface area (Å²) in [6.07, 6.45) is 12.2. The molecule has 10 heteroatoms. The van der Waals surface area contributed by atoms with Crippen LogP contribution in [0.1, 0.15) is 79.6 Å². The molecule has 3 N–H and O–H groups in total. The molecule has 0 aromatic carbocycles. The minimum atomic E-state index is -0.776. The number of epoxide rings is 1. The van der Waals surface area contributed by atoms with E-state index >= 15 is 0 Å². The maximum absolute atomic E-state index is 12.5. The van der Waals surface area contributed by atoms with E-state index < -0.39 is 29.9 Å². The van der Waals surface area contributed by atoms with E-state index in [0.717, 1.165) is 31.3 Å². The first-order valence-corrected chi connectivity index (χ1v) is 15.4. The first kappa shape index (κ1) is 32.4. The summed E-state index contributed by atoms with van der Waals surface area (Å²) in [7, 11) is 0. The predicted molar refractivity (Wildman–Crippen MR) is 156 cm³/mol. The molecule has 3 heterocycles. The number of hydrogen-bond donors (Lipinski definition) is 3. The second-order valence-corrected chi connectivity index (χ2v) is 12.5. The zero-order valence-corrected chi connectivity index (χ0v) is 25.5. The summed E-state index contributed by atoms with van der Waals surface area (Å²) < 4.78 is 23.1. The largest absolute Gasteiger partial charge is 0.459 e. The molecule has 1 aliphatic carbocycles. The van der Waals surface area contributed by atoms with Gasteiger partial charge in [-0.25, -0.2) is 0 Å². The van der Waals surface area contributed by atoms with Crippen molar-refractivity contribution in [2.24, 2.45) is 5.92 Å². The van der Waals surface area contributed by atoms with E-state index in [9.17, 15) is 19.5 Å². The minimum absolute atomic E-state index is 0.00124. The molecule has 4 aliphatic rings. The lowest BCUT2D eigenvalue weighted by Crippen LogP contribution is -2.51. The number of amides is 2. The number of allylic oxidation sites excluding steroid dienone is 2. The number of aliphatic hydroxyl groups excluding tert-OH is 1. The van der Waals surface area contributed by atoms with E-state index in [1.54, 1.807) is 13.0 Å². The predicted octanol–water partition coefficient (Wildman–Crippen LogP) is 3.03. The van der Waals surface area contributed by atoms with Crippen LogP contribution in [0.25, 0.3) is 0 Å². The molecule has 9 atom stereocenters. The number of ether oxygens (including phenoxy) is 4. The average Bonchev–Trinajstić information content (AvgIpc) is 3.67. The van der Waals surface area contributed by atoms with Crippen LogP contribution < -0.4 is 10.6 Å². The van der Waals surface area contributed by atoms with Crippen molar-refractivity contribution >= 4 is 17.8 Å². The summed E-state index contributed by atoms with van der Waals surface area (Å²) in [6, 6.07) is 0.170. The van der Waals surface area contributed by atoms with E-state index in [1.165, 1.54) is 13.0 Å². The molecule has 2 amide bonds. The minimum Gasteiger partial charge on any atom is -0.459 e. The molecule has 3 saturated heterocycles. The fourth-order valence-corrected chi connectivity index (χ4v) is 5.93. The molecule has 0 aromatic rings. The van der Waals surface area contributed by atoms with E-state index in [-0.39, 0.29) is 54.5 Å². The second kappa shape index (κ2) is 14.3. The van der Waals surface area contributed by atoms with Crippen LogP contribution in [0.3, 0.4) is 0 Å². The highest BCUT2D eigenvalue weighted by molar-refractivity contribution is 5.87. The molecule has 0 radical (unpaired) electrons. The fourth-order valence-electron chi connectivity index (χ4n) is 5.93. The summed E-state index contributed by atoms with van der Waals surface area (Å²) in [5.74, 6) is -0.409. The number of nitrogens with one attached hydrogen (secondary N) is 2. The Balaban J connectivity index is 1.25. The zero-order valence-electron chi connectivity index (χ0n) is 25.5. The van der Waals surface area contributed by atoms with Gasteiger partial charge in [0.1, 0.15) is 23.9 Å². The van der Waals surface area contributed by atoms with Crippen molar-refractivity contribution in [3.05, 3.63) is 36.0 Å². The Morgan fingerprint density at radius 3 is 2.50 bits per heavy atom. The average molecular weight is 589 g/mol. The third kappa shape index (κ3) is 8.99. The zero-order chi connectivity index (χ0) is 30.4. The number of hydrogen-bond acceptors (Lipinski definition) is 8. The van der Waals surface area contributed by atoms with Gasteiger partial charge in [-0.3, -0.25) is 14.4 Å². The molecule has 3 aliphatic heterocycles. The highest BCUT2D eigenvalue weighted by Crippen LogP contribution is 2.43. The van der Waals surface area contributed by atoms with Gasteiger partial charge in [0.25, 0.3) is 0 Å². The first-order chi connectivity index (χ1) is 19.9. The van der Waals surface area contributed by atoms with Gasteiger partial charge in [-0.15, -0.1) is 0 Å². The third-order valence-electron chi connectivity index (χ3n) is 8.81. The van der Waals surface area contributed by atoms with Gasteiger partial charge in [0.15, 0.2) is 0 Å². The lowest BCUT2D eigenvalue weighted by molar-refractivity contribution is -0.146. The van der Waals surface area contributed by atoms with E-state index in [4.69, 9.17) is 18.9 Å². The summed E-state index contributed by atoms with van der Waals surface area (Å²) in [5.41, 5.74) is 0.406. The maximum atomic E-state index is 12.5. The van der Waals surface area contributed by atoms with Gasteiger partial charge in [0.2, 0.25) is 11.8 Å². The molecule has 4 fully saturated rings. The van der Waals surface area contributed by atoms with Crippen LogP contribution in [0.5, 0.6) is 0 Å². The van der Waals surface area contributed by atoms with Crippen LogP contribution >= 0.6 is 0 Å². The Hall–Kier alpha value is -2.53. The van der Waals surface area contributed by atoms with Crippen LogP contribution in [0.2, 0.25) is 0 Å². The van der Waals surface area contributed by atoms with Gasteiger partial charge in [0, 0.05) is 25.5 Å². The molecule has 4 rings (SSSR count). The number of aliphatic hydroxyl groups is 1. The van der Waals surface area contributed by atoms with Gasteiger partial charge < -0.3 is 34.7 Å². The second-order valence-electron chi connectivity index (χ2n) is 12.5. The van der Waals surface area contributed by atoms with Crippen molar-refractivity contribution in [1.29, 1.82) is 0 Å². The Morgan fingerprint density at radius 2 is 1.86 bits per heavy atom. The number of carbonyl (C=O) groups is 3. The molecule has 10 nitrogen and oxygen atoms in total. The van der Waals surface area contributed by atoms with Gasteiger partial charge >= 0.3 is 5.97 Å². The van der Waals surface area contributed by atoms with Crippen LogP contribution in [-0.2, 0) is 33.3 Å². The molecular weight excluding hydrogens is 540 g/mol. The van der Waals surface area contributed by atoms with Crippen molar-refractivity contribution in [1.82, 2.24) is 10.6 Å². The van der Waals surface area contributed by atoms with Crippen molar-refractivity contribution < 1.29 is 38.4 Å². The van der Waals surface area contributed by atoms with E-state index in [0.29, 0.717) is 19.4 Å². The number of esters is 1. The fraction of sp³-hybridized carbons (Fsp3) is 0.719. The van der Waals surface area contributed by atoms with E-state index in [1.807, 2.05) is 26.0 Å². The topological polar surface area (TPSA) is 136 Å². The SMILES string of the molecule is CC(=O)O[C@@H](C)/C=C\C(=O)N[C@@H]1C[C@H](C)[C@H](C/C=C(C)/C=C/C2O[C@H](CC(=O)NC3CCC3)C[C@@]3(CO3)[C@@H]2O)O[C@@H]1C. The Morgan fingerprint density at radius 1 is 1.12 bits per heavy atom. The first-order valence-electron chi connectivity index (χ1n) is 15.4. The Bertz CT molecular complexity index is 1060.